The first kappa shape index (κ1) is 17.0. The number of nitrogens with one attached hydrogen (secondary N) is 1. The summed E-state index contributed by atoms with van der Waals surface area (Å²) in [6.45, 7) is 0.241. The highest BCUT2D eigenvalue weighted by atomic mass is 35.5. The highest BCUT2D eigenvalue weighted by Crippen LogP contribution is 2.18. The normalized spacial score (nSPS) is 10.3. The summed E-state index contributed by atoms with van der Waals surface area (Å²) in [6, 6.07) is 7.05. The van der Waals surface area contributed by atoms with Crippen molar-refractivity contribution < 1.29 is 18.8 Å². The summed E-state index contributed by atoms with van der Waals surface area (Å²) < 4.78 is 9.59. The second-order valence-electron chi connectivity index (χ2n) is 4.69. The molecule has 1 aromatic carbocycles. The fraction of sp³-hybridized carbons (Fsp3) is 0.333. The minimum Gasteiger partial charge on any atom is -0.469 e. The Hall–Kier alpha value is -2.41. The Bertz CT molecular complexity index is 670. The Balaban J connectivity index is 1.79. The largest absolute Gasteiger partial charge is 0.469 e. The molecule has 0 bridgehead atoms. The van der Waals surface area contributed by atoms with E-state index in [2.05, 4.69) is 20.2 Å². The van der Waals surface area contributed by atoms with E-state index < -0.39 is 0 Å². The number of hydrogen-bond acceptors (Lipinski definition) is 6. The van der Waals surface area contributed by atoms with E-state index in [-0.39, 0.29) is 31.3 Å². The maximum atomic E-state index is 11.6. The number of nitrogens with zero attached hydrogens (tertiary/aromatic N) is 2. The van der Waals surface area contributed by atoms with Gasteiger partial charge in [0.2, 0.25) is 17.6 Å². The number of ether oxygens (including phenoxy) is 1. The van der Waals surface area contributed by atoms with Gasteiger partial charge >= 0.3 is 5.97 Å². The third-order valence-electron chi connectivity index (χ3n) is 3.02. The van der Waals surface area contributed by atoms with Crippen molar-refractivity contribution in [2.24, 2.45) is 0 Å². The zero-order valence-electron chi connectivity index (χ0n) is 12.5. The molecule has 7 nitrogen and oxygen atoms in total. The first-order chi connectivity index (χ1) is 11.1. The number of aromatic nitrogens is 2. The maximum Gasteiger partial charge on any atom is 0.307 e. The van der Waals surface area contributed by atoms with Crippen molar-refractivity contribution in [3.05, 3.63) is 35.2 Å². The van der Waals surface area contributed by atoms with Crippen molar-refractivity contribution in [1.29, 1.82) is 0 Å². The molecule has 0 aliphatic heterocycles. The molecule has 0 saturated carbocycles. The van der Waals surface area contributed by atoms with E-state index >= 15 is 0 Å². The predicted octanol–water partition coefficient (Wildman–Crippen LogP) is 2.00. The van der Waals surface area contributed by atoms with Crippen molar-refractivity contribution in [3.8, 4) is 11.4 Å². The number of carbonyl (C=O) groups excluding carboxylic acids is 2. The van der Waals surface area contributed by atoms with Crippen LogP contribution in [0.4, 0.5) is 0 Å². The zero-order chi connectivity index (χ0) is 16.7. The minimum atomic E-state index is -0.366. The molecule has 0 atom stereocenters. The van der Waals surface area contributed by atoms with Crippen LogP contribution in [0.2, 0.25) is 5.02 Å². The molecule has 1 amide bonds. The van der Waals surface area contributed by atoms with Gasteiger partial charge in [-0.1, -0.05) is 16.8 Å². The number of methoxy groups -OCH3 is 1. The lowest BCUT2D eigenvalue weighted by Gasteiger charge is -2.02. The smallest absolute Gasteiger partial charge is 0.307 e. The molecule has 23 heavy (non-hydrogen) atoms. The number of esters is 1. The van der Waals surface area contributed by atoms with Gasteiger partial charge in [0.25, 0.3) is 0 Å². The second-order valence-corrected chi connectivity index (χ2v) is 5.13. The van der Waals surface area contributed by atoms with Gasteiger partial charge in [0.15, 0.2) is 0 Å². The van der Waals surface area contributed by atoms with Gasteiger partial charge in [0.1, 0.15) is 0 Å². The Morgan fingerprint density at radius 3 is 2.70 bits per heavy atom. The molecule has 0 aliphatic carbocycles. The van der Waals surface area contributed by atoms with Crippen LogP contribution in [0.5, 0.6) is 0 Å². The summed E-state index contributed by atoms with van der Waals surface area (Å²) in [7, 11) is 1.30. The van der Waals surface area contributed by atoms with Crippen LogP contribution in [0, 0.1) is 0 Å². The minimum absolute atomic E-state index is 0.142. The molecule has 0 aliphatic rings. The van der Waals surface area contributed by atoms with Gasteiger partial charge < -0.3 is 14.6 Å². The van der Waals surface area contributed by atoms with Gasteiger partial charge in [-0.2, -0.15) is 4.98 Å². The first-order valence-corrected chi connectivity index (χ1v) is 7.38. The molecule has 1 heterocycles. The number of rotatable bonds is 7. The molecule has 2 aromatic rings. The van der Waals surface area contributed by atoms with Crippen LogP contribution in [0.3, 0.4) is 0 Å². The van der Waals surface area contributed by atoms with Gasteiger partial charge in [-0.15, -0.1) is 0 Å². The van der Waals surface area contributed by atoms with Crippen molar-refractivity contribution in [2.75, 3.05) is 13.7 Å². The molecule has 1 N–H and O–H groups in total. The molecule has 2 rings (SSSR count). The van der Waals surface area contributed by atoms with E-state index in [1.807, 2.05) is 0 Å². The predicted molar refractivity (Wildman–Crippen MR) is 82.7 cm³/mol. The van der Waals surface area contributed by atoms with Crippen molar-refractivity contribution in [2.45, 2.75) is 19.3 Å². The number of hydrogen-bond donors (Lipinski definition) is 1. The molecule has 8 heteroatoms. The lowest BCUT2D eigenvalue weighted by Crippen LogP contribution is -2.26. The summed E-state index contributed by atoms with van der Waals surface area (Å²) in [6.07, 6.45) is 0.664. The zero-order valence-corrected chi connectivity index (χ0v) is 13.3. The Morgan fingerprint density at radius 2 is 2.00 bits per heavy atom. The average Bonchev–Trinajstić information content (AvgIpc) is 3.02. The monoisotopic (exact) mass is 337 g/mol. The number of aryl methyl sites for hydroxylation is 1. The van der Waals surface area contributed by atoms with Crippen LogP contribution in [0.25, 0.3) is 11.4 Å². The van der Waals surface area contributed by atoms with Gasteiger partial charge in [-0.25, -0.2) is 0 Å². The summed E-state index contributed by atoms with van der Waals surface area (Å²) in [5.41, 5.74) is 0.784. The van der Waals surface area contributed by atoms with Crippen LogP contribution in [-0.2, 0) is 20.7 Å². The van der Waals surface area contributed by atoms with E-state index in [1.54, 1.807) is 24.3 Å². The van der Waals surface area contributed by atoms with E-state index in [1.165, 1.54) is 7.11 Å². The first-order valence-electron chi connectivity index (χ1n) is 7.00. The highest BCUT2D eigenvalue weighted by Gasteiger charge is 2.11. The molecular formula is C15H16ClN3O4. The molecule has 122 valence electrons. The summed E-state index contributed by atoms with van der Waals surface area (Å²) in [5.74, 6) is 0.260. The van der Waals surface area contributed by atoms with E-state index in [0.29, 0.717) is 23.2 Å². The van der Waals surface area contributed by atoms with Gasteiger partial charge in [0.05, 0.1) is 13.5 Å². The fourth-order valence-electron chi connectivity index (χ4n) is 1.79. The maximum absolute atomic E-state index is 11.6. The van der Waals surface area contributed by atoms with Crippen LogP contribution >= 0.6 is 11.6 Å². The number of carbonyl (C=O) groups is 2. The second kappa shape index (κ2) is 8.28. The molecule has 1 aromatic heterocycles. The van der Waals surface area contributed by atoms with Crippen LogP contribution in [0.15, 0.2) is 28.8 Å². The summed E-state index contributed by atoms with van der Waals surface area (Å²) in [5, 5.41) is 7.11. The molecule has 0 radical (unpaired) electrons. The molecule has 0 unspecified atom stereocenters. The SMILES string of the molecule is COC(=O)CCNC(=O)CCc1nc(-c2ccc(Cl)cc2)no1. The molecule has 0 spiro atoms. The van der Waals surface area contributed by atoms with E-state index in [4.69, 9.17) is 16.1 Å². The van der Waals surface area contributed by atoms with Crippen molar-refractivity contribution in [3.63, 3.8) is 0 Å². The van der Waals surface area contributed by atoms with E-state index in [0.717, 1.165) is 5.56 Å². The standard InChI is InChI=1S/C15H16ClN3O4/c1-22-14(21)8-9-17-12(20)6-7-13-18-15(19-23-13)10-2-4-11(16)5-3-10/h2-5H,6-9H2,1H3,(H,17,20). The number of amides is 1. The Labute approximate surface area is 138 Å². The summed E-state index contributed by atoms with van der Waals surface area (Å²) in [4.78, 5) is 26.8. The van der Waals surface area contributed by atoms with E-state index in [9.17, 15) is 9.59 Å². The van der Waals surface area contributed by atoms with Crippen LogP contribution < -0.4 is 5.32 Å². The molecule has 0 fully saturated rings. The fourth-order valence-corrected chi connectivity index (χ4v) is 1.91. The topological polar surface area (TPSA) is 94.3 Å². The Morgan fingerprint density at radius 1 is 1.26 bits per heavy atom. The van der Waals surface area contributed by atoms with Gasteiger partial charge in [0, 0.05) is 30.0 Å². The Kier molecular flexibility index (Phi) is 6.10. The van der Waals surface area contributed by atoms with Crippen molar-refractivity contribution >= 4 is 23.5 Å². The van der Waals surface area contributed by atoms with Crippen LogP contribution in [-0.4, -0.2) is 35.7 Å². The summed E-state index contributed by atoms with van der Waals surface area (Å²) >= 11 is 5.82. The van der Waals surface area contributed by atoms with Gasteiger partial charge in [-0.3, -0.25) is 9.59 Å². The third-order valence-corrected chi connectivity index (χ3v) is 3.27. The number of halogens is 1. The molecule has 0 saturated heterocycles. The number of benzene rings is 1. The third kappa shape index (κ3) is 5.37. The lowest BCUT2D eigenvalue weighted by molar-refractivity contribution is -0.140. The van der Waals surface area contributed by atoms with Gasteiger partial charge in [-0.05, 0) is 24.3 Å². The average molecular weight is 338 g/mol. The van der Waals surface area contributed by atoms with Crippen molar-refractivity contribution in [1.82, 2.24) is 15.5 Å². The molecular weight excluding hydrogens is 322 g/mol. The van der Waals surface area contributed by atoms with Crippen LogP contribution in [0.1, 0.15) is 18.7 Å². The quantitative estimate of drug-likeness (QED) is 0.776. The lowest BCUT2D eigenvalue weighted by atomic mass is 10.2. The highest BCUT2D eigenvalue weighted by molar-refractivity contribution is 6.30.